The van der Waals surface area contributed by atoms with Crippen molar-refractivity contribution in [2.75, 3.05) is 7.05 Å². The van der Waals surface area contributed by atoms with Crippen molar-refractivity contribution in [2.24, 2.45) is 11.1 Å². The van der Waals surface area contributed by atoms with Crippen molar-refractivity contribution in [1.29, 1.82) is 0 Å². The van der Waals surface area contributed by atoms with E-state index in [2.05, 4.69) is 22.0 Å². The number of halogens is 1. The minimum atomic E-state index is -1.15. The first-order valence-corrected chi connectivity index (χ1v) is 8.63. The van der Waals surface area contributed by atoms with Crippen molar-refractivity contribution >= 4 is 21.8 Å². The summed E-state index contributed by atoms with van der Waals surface area (Å²) in [7, 11) is 1.58. The van der Waals surface area contributed by atoms with E-state index in [9.17, 15) is 9.90 Å². The van der Waals surface area contributed by atoms with Gasteiger partial charge in [0.2, 0.25) is 0 Å². The zero-order valence-corrected chi connectivity index (χ0v) is 14.8. The average Bonchev–Trinajstić information content (AvgIpc) is 2.79. The Balaban J connectivity index is 2.15. The van der Waals surface area contributed by atoms with Crippen LogP contribution >= 0.6 is 15.9 Å². The number of likely N-dealkylation sites (N-methyl/N-ethyl adjacent to an activating group) is 1. The molecule has 0 bridgehead atoms. The molecule has 3 N–H and O–H groups in total. The van der Waals surface area contributed by atoms with Crippen molar-refractivity contribution in [3.8, 4) is 12.5 Å². The second-order valence-electron chi connectivity index (χ2n) is 6.79. The lowest BCUT2D eigenvalue weighted by molar-refractivity contribution is -0.140. The summed E-state index contributed by atoms with van der Waals surface area (Å²) >= 11 is 3.48. The van der Waals surface area contributed by atoms with Crippen LogP contribution in [0.4, 0.5) is 0 Å². The van der Waals surface area contributed by atoms with Gasteiger partial charge in [0, 0.05) is 23.0 Å². The first-order chi connectivity index (χ1) is 10.8. The molecule has 1 atom stereocenters. The van der Waals surface area contributed by atoms with Gasteiger partial charge < -0.3 is 10.8 Å². The molecule has 4 nitrogen and oxygen atoms in total. The van der Waals surface area contributed by atoms with E-state index in [1.165, 1.54) is 4.90 Å². The summed E-state index contributed by atoms with van der Waals surface area (Å²) in [6, 6.07) is 8.34. The highest BCUT2D eigenvalue weighted by atomic mass is 79.9. The monoisotopic (exact) mass is 376 g/mol. The Kier molecular flexibility index (Phi) is 4.04. The van der Waals surface area contributed by atoms with Crippen LogP contribution in [0.15, 0.2) is 22.7 Å². The number of rotatable bonds is 1. The number of carbonyl (C=O) groups is 1. The lowest BCUT2D eigenvalue weighted by Crippen LogP contribution is -2.60. The molecule has 0 heterocycles. The van der Waals surface area contributed by atoms with E-state index in [0.717, 1.165) is 34.9 Å². The van der Waals surface area contributed by atoms with Crippen LogP contribution in [0.2, 0.25) is 0 Å². The standard InChI is InChI=1S/C18H21BrN2O2/c1-3-21(2)16(23)18(20)15-10-13(19)5-4-12(15)11-17(18)8-6-14(22)7-9-17/h1,4-5,10,14,22H,6-9,11,20H2,2H3. The van der Waals surface area contributed by atoms with Crippen LogP contribution in [0, 0.1) is 17.9 Å². The highest BCUT2D eigenvalue weighted by Crippen LogP contribution is 2.57. The van der Waals surface area contributed by atoms with Gasteiger partial charge in [0.25, 0.3) is 5.91 Å². The Hall–Kier alpha value is -1.35. The van der Waals surface area contributed by atoms with Crippen molar-refractivity contribution in [3.05, 3.63) is 33.8 Å². The maximum absolute atomic E-state index is 13.1. The van der Waals surface area contributed by atoms with Gasteiger partial charge in [0.15, 0.2) is 0 Å². The molecular formula is C18H21BrN2O2. The summed E-state index contributed by atoms with van der Waals surface area (Å²) in [5.41, 5.74) is 7.26. The molecule has 1 aromatic carbocycles. The van der Waals surface area contributed by atoms with Crippen LogP contribution in [0.3, 0.4) is 0 Å². The number of fused-ring (bicyclic) bond motifs is 1. The fourth-order valence-corrected chi connectivity index (χ4v) is 4.61. The molecule has 2 aliphatic carbocycles. The summed E-state index contributed by atoms with van der Waals surface area (Å²) < 4.78 is 0.898. The summed E-state index contributed by atoms with van der Waals surface area (Å²) in [5.74, 6) is -0.242. The van der Waals surface area contributed by atoms with Crippen LogP contribution in [0.5, 0.6) is 0 Å². The molecule has 1 spiro atoms. The van der Waals surface area contributed by atoms with E-state index >= 15 is 0 Å². The van der Waals surface area contributed by atoms with Gasteiger partial charge in [-0.25, -0.2) is 0 Å². The number of nitrogens with two attached hydrogens (primary N) is 1. The number of nitrogens with zero attached hydrogens (tertiary/aromatic N) is 1. The van der Waals surface area contributed by atoms with Crippen LogP contribution in [-0.2, 0) is 16.8 Å². The Morgan fingerprint density at radius 1 is 1.48 bits per heavy atom. The molecule has 1 unspecified atom stereocenters. The van der Waals surface area contributed by atoms with Crippen molar-refractivity contribution in [1.82, 2.24) is 4.90 Å². The molecular weight excluding hydrogens is 356 g/mol. The summed E-state index contributed by atoms with van der Waals surface area (Å²) in [4.78, 5) is 14.4. The number of amides is 1. The Morgan fingerprint density at radius 3 is 2.74 bits per heavy atom. The van der Waals surface area contributed by atoms with Crippen molar-refractivity contribution in [3.63, 3.8) is 0 Å². The van der Waals surface area contributed by atoms with E-state index in [0.29, 0.717) is 12.8 Å². The van der Waals surface area contributed by atoms with E-state index in [1.54, 1.807) is 7.05 Å². The predicted octanol–water partition coefficient (Wildman–Crippen LogP) is 2.13. The van der Waals surface area contributed by atoms with E-state index < -0.39 is 5.54 Å². The molecule has 122 valence electrons. The maximum atomic E-state index is 13.1. The molecule has 23 heavy (non-hydrogen) atoms. The van der Waals surface area contributed by atoms with Crippen molar-refractivity contribution < 1.29 is 9.90 Å². The number of hydrogen-bond donors (Lipinski definition) is 2. The third-order valence-electron chi connectivity index (χ3n) is 5.61. The first kappa shape index (κ1) is 16.5. The third-order valence-corrected chi connectivity index (χ3v) is 6.10. The molecule has 1 aromatic rings. The van der Waals surface area contributed by atoms with Crippen molar-refractivity contribution in [2.45, 2.75) is 43.7 Å². The second kappa shape index (κ2) is 5.62. The second-order valence-corrected chi connectivity index (χ2v) is 7.71. The fraction of sp³-hybridized carbons (Fsp3) is 0.500. The fourth-order valence-electron chi connectivity index (χ4n) is 4.25. The SMILES string of the molecule is C#CN(C)C(=O)C1(N)c2cc(Br)ccc2CC12CCC(O)CC2. The quantitative estimate of drug-likeness (QED) is 0.582. The minimum Gasteiger partial charge on any atom is -0.393 e. The van der Waals surface area contributed by atoms with E-state index in [4.69, 9.17) is 12.2 Å². The van der Waals surface area contributed by atoms with Crippen LogP contribution in [0.25, 0.3) is 0 Å². The van der Waals surface area contributed by atoms with Gasteiger partial charge in [-0.15, -0.1) is 0 Å². The number of aliphatic hydroxyl groups excluding tert-OH is 1. The maximum Gasteiger partial charge on any atom is 0.259 e. The van der Waals surface area contributed by atoms with Gasteiger partial charge in [0.05, 0.1) is 6.10 Å². The van der Waals surface area contributed by atoms with Crippen LogP contribution in [0.1, 0.15) is 36.8 Å². The topological polar surface area (TPSA) is 66.6 Å². The lowest BCUT2D eigenvalue weighted by Gasteiger charge is -2.47. The number of terminal acetylenes is 1. The zero-order valence-electron chi connectivity index (χ0n) is 13.2. The van der Waals surface area contributed by atoms with Gasteiger partial charge in [0.1, 0.15) is 5.54 Å². The Labute approximate surface area is 145 Å². The zero-order chi connectivity index (χ0) is 16.8. The molecule has 5 heteroatoms. The summed E-state index contributed by atoms with van der Waals surface area (Å²) in [6.07, 6.45) is 8.67. The van der Waals surface area contributed by atoms with Gasteiger partial charge in [-0.2, -0.15) is 0 Å². The number of carbonyl (C=O) groups excluding carboxylic acids is 1. The summed E-state index contributed by atoms with van der Waals surface area (Å²) in [5, 5.41) is 9.90. The van der Waals surface area contributed by atoms with Gasteiger partial charge in [-0.3, -0.25) is 9.69 Å². The molecule has 1 saturated carbocycles. The van der Waals surface area contributed by atoms with Crippen LogP contribution < -0.4 is 5.73 Å². The largest absolute Gasteiger partial charge is 0.393 e. The van der Waals surface area contributed by atoms with E-state index in [1.807, 2.05) is 18.2 Å². The third kappa shape index (κ3) is 2.32. The predicted molar refractivity (Wildman–Crippen MR) is 92.2 cm³/mol. The highest BCUT2D eigenvalue weighted by Gasteiger charge is 2.61. The number of aliphatic hydroxyl groups is 1. The molecule has 2 aliphatic rings. The van der Waals surface area contributed by atoms with Gasteiger partial charge >= 0.3 is 0 Å². The number of benzene rings is 1. The smallest absolute Gasteiger partial charge is 0.259 e. The molecule has 3 rings (SSSR count). The van der Waals surface area contributed by atoms with Gasteiger partial charge in [-0.05, 0) is 55.4 Å². The molecule has 1 fully saturated rings. The lowest BCUT2D eigenvalue weighted by atomic mass is 9.61. The Morgan fingerprint density at radius 2 is 2.13 bits per heavy atom. The average molecular weight is 377 g/mol. The molecule has 1 amide bonds. The summed E-state index contributed by atoms with van der Waals surface area (Å²) in [6.45, 7) is 0. The molecule has 0 saturated heterocycles. The van der Waals surface area contributed by atoms with Crippen LogP contribution in [-0.4, -0.2) is 29.1 Å². The normalized spacial score (nSPS) is 32.4. The van der Waals surface area contributed by atoms with E-state index in [-0.39, 0.29) is 17.4 Å². The van der Waals surface area contributed by atoms with Gasteiger partial charge in [-0.1, -0.05) is 28.4 Å². The first-order valence-electron chi connectivity index (χ1n) is 7.84. The molecule has 0 aliphatic heterocycles. The molecule has 0 aromatic heterocycles. The Bertz CT molecular complexity index is 689. The highest BCUT2D eigenvalue weighted by molar-refractivity contribution is 9.10. The molecule has 0 radical (unpaired) electrons. The number of hydrogen-bond acceptors (Lipinski definition) is 3. The minimum absolute atomic E-state index is 0.242.